The van der Waals surface area contributed by atoms with Crippen LogP contribution in [0.25, 0.3) is 0 Å². The summed E-state index contributed by atoms with van der Waals surface area (Å²) in [5.41, 5.74) is 0. The second-order valence-electron chi connectivity index (χ2n) is 5.87. The van der Waals surface area contributed by atoms with Crippen molar-refractivity contribution in [1.82, 2.24) is 5.32 Å². The molecule has 0 bridgehead atoms. The van der Waals surface area contributed by atoms with E-state index in [1.165, 1.54) is 77.2 Å². The summed E-state index contributed by atoms with van der Waals surface area (Å²) >= 11 is 0. The third-order valence-corrected chi connectivity index (χ3v) is 4.25. The molecule has 1 nitrogen and oxygen atoms in total. The zero-order valence-corrected chi connectivity index (χ0v) is 12.1. The summed E-state index contributed by atoms with van der Waals surface area (Å²) in [5, 5.41) is 3.80. The Balaban J connectivity index is 2.07. The maximum Gasteiger partial charge on any atom is 0.00669 e. The zero-order chi connectivity index (χ0) is 12.3. The summed E-state index contributed by atoms with van der Waals surface area (Å²) in [7, 11) is 0. The van der Waals surface area contributed by atoms with Gasteiger partial charge < -0.3 is 5.32 Å². The van der Waals surface area contributed by atoms with Crippen LogP contribution in [0.15, 0.2) is 0 Å². The maximum absolute atomic E-state index is 3.80. The molecule has 0 spiro atoms. The third-order valence-electron chi connectivity index (χ3n) is 4.25. The molecule has 0 aromatic rings. The topological polar surface area (TPSA) is 12.0 Å². The lowest BCUT2D eigenvalue weighted by Gasteiger charge is -2.23. The van der Waals surface area contributed by atoms with Crippen LogP contribution >= 0.6 is 0 Å². The van der Waals surface area contributed by atoms with Gasteiger partial charge in [0.15, 0.2) is 0 Å². The van der Waals surface area contributed by atoms with Gasteiger partial charge in [-0.05, 0) is 31.7 Å². The molecule has 1 heteroatoms. The third kappa shape index (κ3) is 7.08. The summed E-state index contributed by atoms with van der Waals surface area (Å²) in [6.07, 6.45) is 15.7. The van der Waals surface area contributed by atoms with Crippen molar-refractivity contribution in [2.75, 3.05) is 6.54 Å². The van der Waals surface area contributed by atoms with Gasteiger partial charge in [-0.25, -0.2) is 0 Å². The Labute approximate surface area is 109 Å². The van der Waals surface area contributed by atoms with E-state index in [2.05, 4.69) is 19.2 Å². The molecule has 0 saturated heterocycles. The Hall–Kier alpha value is -0.0400. The first-order chi connectivity index (χ1) is 8.36. The molecule has 1 N–H and O–H groups in total. The van der Waals surface area contributed by atoms with Gasteiger partial charge in [-0.2, -0.15) is 0 Å². The second-order valence-corrected chi connectivity index (χ2v) is 5.87. The van der Waals surface area contributed by atoms with Crippen molar-refractivity contribution < 1.29 is 0 Å². The van der Waals surface area contributed by atoms with E-state index >= 15 is 0 Å². The van der Waals surface area contributed by atoms with Crippen molar-refractivity contribution in [1.29, 1.82) is 0 Å². The summed E-state index contributed by atoms with van der Waals surface area (Å²) in [5.74, 6) is 1.03. The highest BCUT2D eigenvalue weighted by molar-refractivity contribution is 4.70. The Morgan fingerprint density at radius 1 is 1.00 bits per heavy atom. The normalized spacial score (nSPS) is 19.4. The van der Waals surface area contributed by atoms with Gasteiger partial charge in [0, 0.05) is 6.04 Å². The van der Waals surface area contributed by atoms with Crippen LogP contribution in [0.3, 0.4) is 0 Å². The van der Waals surface area contributed by atoms with Crippen molar-refractivity contribution in [2.45, 2.75) is 90.5 Å². The highest BCUT2D eigenvalue weighted by Gasteiger charge is 2.13. The Morgan fingerprint density at radius 3 is 2.41 bits per heavy atom. The van der Waals surface area contributed by atoms with Crippen molar-refractivity contribution >= 4 is 0 Å². The largest absolute Gasteiger partial charge is 0.314 e. The molecule has 0 aliphatic heterocycles. The standard InChI is InChI=1S/C16H33N/c1-3-5-12-16(9-4-2)17-14-13-15-10-7-6-8-11-15/h15-17H,3-14H2,1-2H3. The van der Waals surface area contributed by atoms with Crippen molar-refractivity contribution in [3.8, 4) is 0 Å². The molecule has 0 aromatic heterocycles. The summed E-state index contributed by atoms with van der Waals surface area (Å²) in [6.45, 7) is 5.87. The molecule has 1 atom stereocenters. The molecule has 102 valence electrons. The molecule has 0 aromatic carbocycles. The zero-order valence-electron chi connectivity index (χ0n) is 12.1. The lowest BCUT2D eigenvalue weighted by Crippen LogP contribution is -2.31. The van der Waals surface area contributed by atoms with Crippen LogP contribution in [0.4, 0.5) is 0 Å². The first kappa shape index (κ1) is 15.0. The molecule has 1 saturated carbocycles. The van der Waals surface area contributed by atoms with Gasteiger partial charge in [-0.3, -0.25) is 0 Å². The quantitative estimate of drug-likeness (QED) is 0.603. The lowest BCUT2D eigenvalue weighted by molar-refractivity contribution is 0.321. The maximum atomic E-state index is 3.80. The van der Waals surface area contributed by atoms with Gasteiger partial charge in [0.1, 0.15) is 0 Å². The van der Waals surface area contributed by atoms with E-state index in [0.29, 0.717) is 0 Å². The summed E-state index contributed by atoms with van der Waals surface area (Å²) in [4.78, 5) is 0. The van der Waals surface area contributed by atoms with E-state index in [1.807, 2.05) is 0 Å². The van der Waals surface area contributed by atoms with Gasteiger partial charge in [-0.15, -0.1) is 0 Å². The van der Waals surface area contributed by atoms with Crippen molar-refractivity contribution in [3.05, 3.63) is 0 Å². The Kier molecular flexibility index (Phi) is 8.78. The monoisotopic (exact) mass is 239 g/mol. The van der Waals surface area contributed by atoms with Crippen LogP contribution in [-0.4, -0.2) is 12.6 Å². The average Bonchev–Trinajstić information content (AvgIpc) is 2.37. The number of hydrogen-bond acceptors (Lipinski definition) is 1. The van der Waals surface area contributed by atoms with Gasteiger partial charge >= 0.3 is 0 Å². The minimum absolute atomic E-state index is 0.795. The Bertz CT molecular complexity index is 161. The first-order valence-corrected chi connectivity index (χ1v) is 8.10. The number of nitrogens with one attached hydrogen (secondary N) is 1. The highest BCUT2D eigenvalue weighted by atomic mass is 14.9. The molecule has 1 rings (SSSR count). The molecule has 1 unspecified atom stereocenters. The van der Waals surface area contributed by atoms with Gasteiger partial charge in [0.2, 0.25) is 0 Å². The van der Waals surface area contributed by atoms with Crippen LogP contribution in [-0.2, 0) is 0 Å². The van der Waals surface area contributed by atoms with Crippen molar-refractivity contribution in [3.63, 3.8) is 0 Å². The molecule has 0 heterocycles. The van der Waals surface area contributed by atoms with E-state index in [0.717, 1.165) is 12.0 Å². The molecule has 0 radical (unpaired) electrons. The van der Waals surface area contributed by atoms with E-state index in [1.54, 1.807) is 0 Å². The van der Waals surface area contributed by atoms with Crippen LogP contribution in [0, 0.1) is 5.92 Å². The van der Waals surface area contributed by atoms with Crippen LogP contribution < -0.4 is 5.32 Å². The number of hydrogen-bond donors (Lipinski definition) is 1. The summed E-state index contributed by atoms with van der Waals surface area (Å²) in [6, 6.07) is 0.795. The smallest absolute Gasteiger partial charge is 0.00669 e. The van der Waals surface area contributed by atoms with Crippen LogP contribution in [0.1, 0.15) is 84.5 Å². The molecule has 0 amide bonds. The van der Waals surface area contributed by atoms with E-state index in [-0.39, 0.29) is 0 Å². The molecular formula is C16H33N. The number of rotatable bonds is 9. The molecule has 17 heavy (non-hydrogen) atoms. The highest BCUT2D eigenvalue weighted by Crippen LogP contribution is 2.25. The van der Waals surface area contributed by atoms with E-state index in [9.17, 15) is 0 Å². The SMILES string of the molecule is CCCCC(CCC)NCCC1CCCCC1. The van der Waals surface area contributed by atoms with Crippen LogP contribution in [0.5, 0.6) is 0 Å². The fraction of sp³-hybridized carbons (Fsp3) is 1.00. The summed E-state index contributed by atoms with van der Waals surface area (Å²) < 4.78 is 0. The van der Waals surface area contributed by atoms with Gasteiger partial charge in [-0.1, -0.05) is 65.2 Å². The predicted octanol–water partition coefficient (Wildman–Crippen LogP) is 4.91. The van der Waals surface area contributed by atoms with Crippen LogP contribution in [0.2, 0.25) is 0 Å². The lowest BCUT2D eigenvalue weighted by atomic mass is 9.87. The fourth-order valence-electron chi connectivity index (χ4n) is 3.11. The second kappa shape index (κ2) is 9.94. The van der Waals surface area contributed by atoms with E-state index < -0.39 is 0 Å². The average molecular weight is 239 g/mol. The molecule has 1 aliphatic rings. The van der Waals surface area contributed by atoms with Gasteiger partial charge in [0.25, 0.3) is 0 Å². The first-order valence-electron chi connectivity index (χ1n) is 8.10. The minimum Gasteiger partial charge on any atom is -0.314 e. The molecular weight excluding hydrogens is 206 g/mol. The van der Waals surface area contributed by atoms with Crippen molar-refractivity contribution in [2.24, 2.45) is 5.92 Å². The van der Waals surface area contributed by atoms with Gasteiger partial charge in [0.05, 0.1) is 0 Å². The molecule has 1 aliphatic carbocycles. The fourth-order valence-corrected chi connectivity index (χ4v) is 3.11. The Morgan fingerprint density at radius 2 is 1.76 bits per heavy atom. The predicted molar refractivity (Wildman–Crippen MR) is 77.4 cm³/mol. The number of unbranched alkanes of at least 4 members (excludes halogenated alkanes) is 1. The molecule has 1 fully saturated rings. The minimum atomic E-state index is 0.795. The van der Waals surface area contributed by atoms with E-state index in [4.69, 9.17) is 0 Å².